The van der Waals surface area contributed by atoms with E-state index in [2.05, 4.69) is 20.9 Å². The van der Waals surface area contributed by atoms with Gasteiger partial charge in [-0.1, -0.05) is 0 Å². The molecule has 1 aromatic rings. The lowest BCUT2D eigenvalue weighted by Crippen LogP contribution is -2.27. The number of pyridine rings is 1. The van der Waals surface area contributed by atoms with E-state index in [0.29, 0.717) is 5.56 Å². The predicted octanol–water partition coefficient (Wildman–Crippen LogP) is 0.0959. The fourth-order valence-corrected chi connectivity index (χ4v) is 1.24. The Morgan fingerprint density at radius 2 is 2.33 bits per heavy atom. The van der Waals surface area contributed by atoms with Crippen LogP contribution in [0.3, 0.4) is 0 Å². The maximum atomic E-state index is 11.2. The molecule has 0 fully saturated rings. The largest absolute Gasteiger partial charge is 0.329 e. The van der Waals surface area contributed by atoms with Crippen molar-refractivity contribution in [2.24, 2.45) is 11.5 Å². The highest BCUT2D eigenvalue weighted by molar-refractivity contribution is 9.10. The molecule has 0 spiro atoms. The van der Waals surface area contributed by atoms with Crippen LogP contribution in [0.2, 0.25) is 0 Å². The van der Waals surface area contributed by atoms with Crippen LogP contribution in [0, 0.1) is 0 Å². The van der Waals surface area contributed by atoms with Crippen molar-refractivity contribution in [3.05, 3.63) is 32.7 Å². The third-order valence-electron chi connectivity index (χ3n) is 1.55. The number of aromatic amines is 1. The molecule has 0 aliphatic rings. The van der Waals surface area contributed by atoms with Crippen molar-refractivity contribution in [3.63, 3.8) is 0 Å². The Morgan fingerprint density at radius 1 is 1.67 bits per heavy atom. The van der Waals surface area contributed by atoms with Gasteiger partial charge in [-0.3, -0.25) is 4.79 Å². The van der Waals surface area contributed by atoms with E-state index in [9.17, 15) is 4.79 Å². The van der Waals surface area contributed by atoms with E-state index < -0.39 is 6.04 Å². The van der Waals surface area contributed by atoms with Crippen molar-refractivity contribution in [2.45, 2.75) is 6.04 Å². The summed E-state index contributed by atoms with van der Waals surface area (Å²) < 4.78 is 0.793. The fourth-order valence-electron chi connectivity index (χ4n) is 0.876. The third kappa shape index (κ3) is 1.94. The van der Waals surface area contributed by atoms with Gasteiger partial charge in [0.1, 0.15) is 0 Å². The number of halogens is 1. The van der Waals surface area contributed by atoms with Gasteiger partial charge in [-0.15, -0.1) is 0 Å². The minimum atomic E-state index is -0.397. The molecule has 5 heteroatoms. The number of H-pyrrole nitrogens is 1. The van der Waals surface area contributed by atoms with Crippen LogP contribution in [0.25, 0.3) is 0 Å². The Hall–Kier alpha value is -0.650. The summed E-state index contributed by atoms with van der Waals surface area (Å²) in [6.45, 7) is 0.263. The molecule has 0 saturated carbocycles. The topological polar surface area (TPSA) is 84.9 Å². The molecule has 12 heavy (non-hydrogen) atoms. The van der Waals surface area contributed by atoms with Crippen molar-refractivity contribution in [2.75, 3.05) is 6.54 Å². The lowest BCUT2D eigenvalue weighted by Gasteiger charge is -2.07. The van der Waals surface area contributed by atoms with Gasteiger partial charge >= 0.3 is 0 Å². The highest BCUT2D eigenvalue weighted by Crippen LogP contribution is 2.10. The molecular formula is C7H10BrN3O. The van der Waals surface area contributed by atoms with Gasteiger partial charge in [0.25, 0.3) is 5.56 Å². The summed E-state index contributed by atoms with van der Waals surface area (Å²) in [5, 5.41) is 0. The second kappa shape index (κ2) is 3.84. The van der Waals surface area contributed by atoms with E-state index in [-0.39, 0.29) is 12.1 Å². The quantitative estimate of drug-likeness (QED) is 0.675. The zero-order valence-electron chi connectivity index (χ0n) is 6.38. The summed E-state index contributed by atoms with van der Waals surface area (Å²) in [6, 6.07) is 1.28. The SMILES string of the molecule is NC[C@@H](N)c1cc(Br)c[nH]c1=O. The molecule has 1 aromatic heterocycles. The summed E-state index contributed by atoms with van der Waals surface area (Å²) in [5.74, 6) is 0. The average Bonchev–Trinajstić information content (AvgIpc) is 2.08. The second-order valence-electron chi connectivity index (χ2n) is 2.44. The Morgan fingerprint density at radius 3 is 2.92 bits per heavy atom. The number of nitrogens with two attached hydrogens (primary N) is 2. The Balaban J connectivity index is 3.13. The summed E-state index contributed by atoms with van der Waals surface area (Å²) >= 11 is 3.23. The van der Waals surface area contributed by atoms with Gasteiger partial charge in [-0.25, -0.2) is 0 Å². The average molecular weight is 232 g/mol. The standard InChI is InChI=1S/C7H10BrN3O/c8-4-1-5(6(10)2-9)7(12)11-3-4/h1,3,6H,2,9-10H2,(H,11,12)/t6-/m1/s1. The molecule has 0 aromatic carbocycles. The summed E-state index contributed by atoms with van der Waals surface area (Å²) in [4.78, 5) is 13.7. The smallest absolute Gasteiger partial charge is 0.252 e. The van der Waals surface area contributed by atoms with Gasteiger partial charge in [0.2, 0.25) is 0 Å². The Bertz CT molecular complexity index is 323. The van der Waals surface area contributed by atoms with Gasteiger partial charge < -0.3 is 16.5 Å². The van der Waals surface area contributed by atoms with Crippen LogP contribution in [0.5, 0.6) is 0 Å². The van der Waals surface area contributed by atoms with Crippen LogP contribution in [0.15, 0.2) is 21.5 Å². The molecule has 0 saturated heterocycles. The van der Waals surface area contributed by atoms with Crippen molar-refractivity contribution in [1.29, 1.82) is 0 Å². The maximum Gasteiger partial charge on any atom is 0.252 e. The molecule has 0 aliphatic heterocycles. The molecule has 0 bridgehead atoms. The lowest BCUT2D eigenvalue weighted by molar-refractivity contribution is 0.724. The first-order valence-corrected chi connectivity index (χ1v) is 4.28. The van der Waals surface area contributed by atoms with E-state index in [1.807, 2.05) is 0 Å². The summed E-state index contributed by atoms with van der Waals surface area (Å²) in [7, 11) is 0. The predicted molar refractivity (Wildman–Crippen MR) is 50.7 cm³/mol. The maximum absolute atomic E-state index is 11.2. The van der Waals surface area contributed by atoms with Gasteiger partial charge in [0.05, 0.1) is 0 Å². The zero-order valence-corrected chi connectivity index (χ0v) is 7.97. The highest BCUT2D eigenvalue weighted by atomic mass is 79.9. The van der Waals surface area contributed by atoms with Crippen LogP contribution in [0.1, 0.15) is 11.6 Å². The summed E-state index contributed by atoms with van der Waals surface area (Å²) in [5.41, 5.74) is 11.3. The number of hydrogen-bond donors (Lipinski definition) is 3. The first-order valence-electron chi connectivity index (χ1n) is 3.49. The van der Waals surface area contributed by atoms with E-state index in [1.54, 1.807) is 12.3 Å². The molecule has 1 rings (SSSR count). The van der Waals surface area contributed by atoms with E-state index in [0.717, 1.165) is 4.47 Å². The first kappa shape index (κ1) is 9.44. The van der Waals surface area contributed by atoms with Gasteiger partial charge in [0.15, 0.2) is 0 Å². The zero-order chi connectivity index (χ0) is 9.14. The van der Waals surface area contributed by atoms with Crippen LogP contribution < -0.4 is 17.0 Å². The molecule has 1 heterocycles. The van der Waals surface area contributed by atoms with E-state index in [1.165, 1.54) is 0 Å². The van der Waals surface area contributed by atoms with E-state index in [4.69, 9.17) is 11.5 Å². The monoisotopic (exact) mass is 231 g/mol. The Kier molecular flexibility index (Phi) is 3.02. The lowest BCUT2D eigenvalue weighted by atomic mass is 10.1. The van der Waals surface area contributed by atoms with E-state index >= 15 is 0 Å². The molecule has 0 aliphatic carbocycles. The normalized spacial score (nSPS) is 12.9. The van der Waals surface area contributed by atoms with Crippen molar-refractivity contribution < 1.29 is 0 Å². The fraction of sp³-hybridized carbons (Fsp3) is 0.286. The number of aromatic nitrogens is 1. The number of nitrogens with one attached hydrogen (secondary N) is 1. The Labute approximate surface area is 78.1 Å². The summed E-state index contributed by atoms with van der Waals surface area (Å²) in [6.07, 6.45) is 1.56. The van der Waals surface area contributed by atoms with Crippen LogP contribution in [-0.2, 0) is 0 Å². The van der Waals surface area contributed by atoms with Crippen LogP contribution in [0.4, 0.5) is 0 Å². The second-order valence-corrected chi connectivity index (χ2v) is 3.36. The number of hydrogen-bond acceptors (Lipinski definition) is 3. The molecule has 4 nitrogen and oxygen atoms in total. The molecule has 66 valence electrons. The molecule has 5 N–H and O–H groups in total. The van der Waals surface area contributed by atoms with Crippen molar-refractivity contribution in [1.82, 2.24) is 4.98 Å². The minimum Gasteiger partial charge on any atom is -0.329 e. The van der Waals surface area contributed by atoms with Crippen LogP contribution in [-0.4, -0.2) is 11.5 Å². The van der Waals surface area contributed by atoms with Gasteiger partial charge in [0, 0.05) is 28.8 Å². The molecule has 1 atom stereocenters. The number of rotatable bonds is 2. The van der Waals surface area contributed by atoms with Crippen molar-refractivity contribution >= 4 is 15.9 Å². The molecule has 0 amide bonds. The minimum absolute atomic E-state index is 0.184. The van der Waals surface area contributed by atoms with Crippen molar-refractivity contribution in [3.8, 4) is 0 Å². The molecule has 0 radical (unpaired) electrons. The van der Waals surface area contributed by atoms with Gasteiger partial charge in [-0.05, 0) is 22.0 Å². The van der Waals surface area contributed by atoms with Gasteiger partial charge in [-0.2, -0.15) is 0 Å². The molecule has 0 unspecified atom stereocenters. The first-order chi connectivity index (χ1) is 5.65. The highest BCUT2D eigenvalue weighted by Gasteiger charge is 2.07. The third-order valence-corrected chi connectivity index (χ3v) is 2.01. The van der Waals surface area contributed by atoms with Crippen LogP contribution >= 0.6 is 15.9 Å². The molecular weight excluding hydrogens is 222 g/mol.